The second-order valence-corrected chi connectivity index (χ2v) is 10.4. The number of rotatable bonds is 10. The van der Waals surface area contributed by atoms with E-state index in [2.05, 4.69) is 15.6 Å². The topological polar surface area (TPSA) is 125 Å². The number of carbonyl (C=O) groups excluding carboxylic acids is 3. The Balaban J connectivity index is 1.62. The minimum Gasteiger partial charge on any atom is -0.497 e. The Morgan fingerprint density at radius 3 is 2.26 bits per heavy atom. The fraction of sp³-hybridized carbons (Fsp3) is 0.344. The summed E-state index contributed by atoms with van der Waals surface area (Å²) in [7, 11) is 4.34. The molecule has 1 N–H and O–H groups in total. The van der Waals surface area contributed by atoms with Crippen molar-refractivity contribution in [1.29, 1.82) is 0 Å². The standard InChI is InChI=1S/C32H35N5O6/c1-41-25-17-24(18-26(19-25)42-2)37(29(38)20-36-28-12-8-7-11-27(28)34-35-36)30(31(39)33-23-9-5-4-6-10-23)21-13-15-22(16-14-21)32(40)43-3/h7-8,11-19,23,30H,4-6,9-10,20H2,1-3H3,(H,33,39)/t30-/m0/s1. The molecule has 1 heterocycles. The molecule has 2 amide bonds. The van der Waals surface area contributed by atoms with Gasteiger partial charge >= 0.3 is 5.97 Å². The normalized spacial score (nSPS) is 14.1. The summed E-state index contributed by atoms with van der Waals surface area (Å²) >= 11 is 0. The minimum absolute atomic E-state index is 0.00542. The van der Waals surface area contributed by atoms with Gasteiger partial charge in [-0.3, -0.25) is 14.5 Å². The molecule has 5 rings (SSSR count). The van der Waals surface area contributed by atoms with Crippen LogP contribution in [0.15, 0.2) is 66.7 Å². The molecular weight excluding hydrogens is 550 g/mol. The molecule has 3 aromatic carbocycles. The van der Waals surface area contributed by atoms with Crippen molar-refractivity contribution in [2.75, 3.05) is 26.2 Å². The van der Waals surface area contributed by atoms with E-state index in [4.69, 9.17) is 14.2 Å². The van der Waals surface area contributed by atoms with Gasteiger partial charge < -0.3 is 19.5 Å². The van der Waals surface area contributed by atoms with Gasteiger partial charge in [0, 0.05) is 24.2 Å². The zero-order chi connectivity index (χ0) is 30.3. The third-order valence-electron chi connectivity index (χ3n) is 7.69. The van der Waals surface area contributed by atoms with Crippen LogP contribution in [-0.2, 0) is 20.9 Å². The fourth-order valence-electron chi connectivity index (χ4n) is 5.47. The SMILES string of the molecule is COC(=O)c1ccc([C@@H](C(=O)NC2CCCCC2)N(C(=O)Cn2nnc3ccccc32)c2cc(OC)cc(OC)c2)cc1. The number of hydrogen-bond donors (Lipinski definition) is 1. The van der Waals surface area contributed by atoms with E-state index in [0.29, 0.717) is 39.3 Å². The van der Waals surface area contributed by atoms with Crippen LogP contribution in [0.4, 0.5) is 5.69 Å². The van der Waals surface area contributed by atoms with Crippen LogP contribution in [-0.4, -0.2) is 60.1 Å². The second kappa shape index (κ2) is 13.4. The van der Waals surface area contributed by atoms with E-state index >= 15 is 0 Å². The van der Waals surface area contributed by atoms with E-state index in [0.717, 1.165) is 32.1 Å². The highest BCUT2D eigenvalue weighted by Gasteiger charge is 2.35. The first-order chi connectivity index (χ1) is 20.9. The number of esters is 1. The minimum atomic E-state index is -1.09. The van der Waals surface area contributed by atoms with Crippen LogP contribution >= 0.6 is 0 Å². The van der Waals surface area contributed by atoms with E-state index in [1.165, 1.54) is 30.9 Å². The summed E-state index contributed by atoms with van der Waals surface area (Å²) in [5.74, 6) is -0.349. The summed E-state index contributed by atoms with van der Waals surface area (Å²) in [6, 6.07) is 17.8. The van der Waals surface area contributed by atoms with Gasteiger partial charge in [-0.25, -0.2) is 9.48 Å². The third-order valence-corrected chi connectivity index (χ3v) is 7.69. The molecule has 1 saturated carbocycles. The Bertz CT molecular complexity index is 1570. The summed E-state index contributed by atoms with van der Waals surface area (Å²) in [5, 5.41) is 11.6. The first-order valence-corrected chi connectivity index (χ1v) is 14.2. The van der Waals surface area contributed by atoms with Crippen molar-refractivity contribution in [3.63, 3.8) is 0 Å². The van der Waals surface area contributed by atoms with Gasteiger partial charge in [0.2, 0.25) is 11.8 Å². The zero-order valence-corrected chi connectivity index (χ0v) is 24.5. The number of methoxy groups -OCH3 is 3. The summed E-state index contributed by atoms with van der Waals surface area (Å²) < 4.78 is 17.4. The molecule has 224 valence electrons. The van der Waals surface area contributed by atoms with Crippen molar-refractivity contribution in [3.8, 4) is 11.5 Å². The molecule has 0 saturated heterocycles. The highest BCUT2D eigenvalue weighted by molar-refractivity contribution is 6.02. The molecule has 0 spiro atoms. The first kappa shape index (κ1) is 29.6. The van der Waals surface area contributed by atoms with E-state index in [-0.39, 0.29) is 18.5 Å². The smallest absolute Gasteiger partial charge is 0.337 e. The van der Waals surface area contributed by atoms with E-state index in [9.17, 15) is 14.4 Å². The fourth-order valence-corrected chi connectivity index (χ4v) is 5.47. The average molecular weight is 586 g/mol. The average Bonchev–Trinajstić information content (AvgIpc) is 3.45. The summed E-state index contributed by atoms with van der Waals surface area (Å²) in [6.45, 7) is -0.187. The van der Waals surface area contributed by atoms with Gasteiger partial charge in [-0.05, 0) is 42.7 Å². The number of fused-ring (bicyclic) bond motifs is 1. The van der Waals surface area contributed by atoms with Crippen LogP contribution in [0.3, 0.4) is 0 Å². The van der Waals surface area contributed by atoms with E-state index in [1.54, 1.807) is 42.5 Å². The summed E-state index contributed by atoms with van der Waals surface area (Å²) in [5.41, 5.74) is 2.57. The number of anilines is 1. The van der Waals surface area contributed by atoms with Crippen LogP contribution in [0.1, 0.15) is 54.1 Å². The first-order valence-electron chi connectivity index (χ1n) is 14.2. The highest BCUT2D eigenvalue weighted by Crippen LogP contribution is 2.35. The lowest BCUT2D eigenvalue weighted by Crippen LogP contribution is -2.48. The number of aromatic nitrogens is 3. The maximum absolute atomic E-state index is 14.4. The molecule has 43 heavy (non-hydrogen) atoms. The molecule has 1 fully saturated rings. The number of nitrogens with zero attached hydrogens (tertiary/aromatic N) is 4. The molecule has 4 aromatic rings. The highest BCUT2D eigenvalue weighted by atomic mass is 16.5. The van der Waals surface area contributed by atoms with Gasteiger partial charge in [0.25, 0.3) is 0 Å². The quantitative estimate of drug-likeness (QED) is 0.271. The van der Waals surface area contributed by atoms with Crippen molar-refractivity contribution >= 4 is 34.5 Å². The van der Waals surface area contributed by atoms with Crippen molar-refractivity contribution in [3.05, 3.63) is 77.9 Å². The van der Waals surface area contributed by atoms with Crippen LogP contribution in [0, 0.1) is 0 Å². The van der Waals surface area contributed by atoms with Crippen molar-refractivity contribution < 1.29 is 28.6 Å². The number of para-hydroxylation sites is 1. The maximum atomic E-state index is 14.4. The Morgan fingerprint density at radius 2 is 1.60 bits per heavy atom. The molecule has 1 aromatic heterocycles. The van der Waals surface area contributed by atoms with Gasteiger partial charge in [-0.1, -0.05) is 48.7 Å². The van der Waals surface area contributed by atoms with Crippen LogP contribution in [0.2, 0.25) is 0 Å². The zero-order valence-electron chi connectivity index (χ0n) is 24.5. The lowest BCUT2D eigenvalue weighted by Gasteiger charge is -2.34. The summed E-state index contributed by atoms with van der Waals surface area (Å²) in [6.07, 6.45) is 4.92. The van der Waals surface area contributed by atoms with Crippen LogP contribution < -0.4 is 19.7 Å². The molecular formula is C32H35N5O6. The number of nitrogens with one attached hydrogen (secondary N) is 1. The molecule has 0 bridgehead atoms. The summed E-state index contributed by atoms with van der Waals surface area (Å²) in [4.78, 5) is 42.2. The number of hydrogen-bond acceptors (Lipinski definition) is 8. The third kappa shape index (κ3) is 6.61. The van der Waals surface area contributed by atoms with Gasteiger partial charge in [-0.2, -0.15) is 0 Å². The molecule has 0 unspecified atom stereocenters. The van der Waals surface area contributed by atoms with Gasteiger partial charge in [0.15, 0.2) is 0 Å². The van der Waals surface area contributed by atoms with Gasteiger partial charge in [-0.15, -0.1) is 5.10 Å². The number of ether oxygens (including phenoxy) is 3. The Morgan fingerprint density at radius 1 is 0.930 bits per heavy atom. The molecule has 0 aliphatic heterocycles. The lowest BCUT2D eigenvalue weighted by molar-refractivity contribution is -0.127. The van der Waals surface area contributed by atoms with Crippen molar-refractivity contribution in [1.82, 2.24) is 20.3 Å². The van der Waals surface area contributed by atoms with Crippen LogP contribution in [0.25, 0.3) is 11.0 Å². The lowest BCUT2D eigenvalue weighted by atomic mass is 9.94. The molecule has 1 aliphatic rings. The monoisotopic (exact) mass is 585 g/mol. The predicted molar refractivity (Wildman–Crippen MR) is 160 cm³/mol. The van der Waals surface area contributed by atoms with Crippen LogP contribution in [0.5, 0.6) is 11.5 Å². The molecule has 1 atom stereocenters. The number of carbonyl (C=O) groups is 3. The number of benzene rings is 3. The predicted octanol–water partition coefficient (Wildman–Crippen LogP) is 4.46. The van der Waals surface area contributed by atoms with E-state index < -0.39 is 17.9 Å². The van der Waals surface area contributed by atoms with Crippen molar-refractivity contribution in [2.24, 2.45) is 0 Å². The molecule has 0 radical (unpaired) electrons. The Kier molecular flexibility index (Phi) is 9.19. The molecule has 1 aliphatic carbocycles. The Labute approximate surface area is 249 Å². The molecule has 11 nitrogen and oxygen atoms in total. The number of amides is 2. The van der Waals surface area contributed by atoms with Gasteiger partial charge in [0.1, 0.15) is 29.6 Å². The Hall–Kier alpha value is -4.93. The largest absolute Gasteiger partial charge is 0.497 e. The van der Waals surface area contributed by atoms with Crippen molar-refractivity contribution in [2.45, 2.75) is 50.7 Å². The van der Waals surface area contributed by atoms with Gasteiger partial charge in [0.05, 0.1) is 38.1 Å². The molecule has 11 heteroatoms. The second-order valence-electron chi connectivity index (χ2n) is 10.4. The maximum Gasteiger partial charge on any atom is 0.337 e. The van der Waals surface area contributed by atoms with E-state index in [1.807, 2.05) is 24.3 Å².